The summed E-state index contributed by atoms with van der Waals surface area (Å²) < 4.78 is 0. The zero-order valence-corrected chi connectivity index (χ0v) is 9.64. The Morgan fingerprint density at radius 1 is 0.750 bits per heavy atom. The summed E-state index contributed by atoms with van der Waals surface area (Å²) >= 11 is 0. The fourth-order valence-corrected chi connectivity index (χ4v) is 0.615. The van der Waals surface area contributed by atoms with Crippen molar-refractivity contribution in [3.05, 3.63) is 24.3 Å². The minimum atomic E-state index is -0.120. The Morgan fingerprint density at radius 3 is 1.25 bits per heavy atom. The molecule has 0 aliphatic heterocycles. The van der Waals surface area contributed by atoms with Gasteiger partial charge in [0.15, 0.2) is 11.6 Å². The van der Waals surface area contributed by atoms with Gasteiger partial charge in [-0.25, -0.2) is 0 Å². The van der Waals surface area contributed by atoms with Gasteiger partial charge in [0.2, 0.25) is 0 Å². The maximum atomic E-state index is 10.5. The normalized spacial score (nSPS) is 11.0. The van der Waals surface area contributed by atoms with E-state index in [9.17, 15) is 9.59 Å². The first kappa shape index (κ1) is 23.9. The number of hydrogen-bond donors (Lipinski definition) is 0. The molecule has 5 nitrogen and oxygen atoms in total. The van der Waals surface area contributed by atoms with E-state index in [1.165, 1.54) is 12.2 Å². The molecule has 0 bridgehead atoms. The first-order chi connectivity index (χ1) is 7.29. The number of allylic oxidation sites excluding steroid dienone is 4. The molecule has 6 heteroatoms. The number of carbonyl (C=O) groups is 5. The molecule has 90 valence electrons. The Kier molecular flexibility index (Phi) is 34.8. The fraction of sp³-hybridized carbons (Fsp3) is 0.100. The summed E-state index contributed by atoms with van der Waals surface area (Å²) in [7, 11) is 0. The van der Waals surface area contributed by atoms with E-state index in [-0.39, 0.29) is 35.1 Å². The van der Waals surface area contributed by atoms with Gasteiger partial charge in [0, 0.05) is 17.1 Å². The molecule has 0 saturated carbocycles. The van der Waals surface area contributed by atoms with Crippen LogP contribution in [0.2, 0.25) is 0 Å². The van der Waals surface area contributed by atoms with Crippen LogP contribution in [0.25, 0.3) is 0 Å². The van der Waals surface area contributed by atoms with Crippen LogP contribution in [0, 0.1) is 0 Å². The molecule has 0 saturated heterocycles. The minimum Gasteiger partial charge on any atom is -0.307 e. The van der Waals surface area contributed by atoms with Crippen LogP contribution >= 0.6 is 0 Å². The average molecular weight is 268 g/mol. The van der Waals surface area contributed by atoms with E-state index in [4.69, 9.17) is 14.4 Å². The van der Waals surface area contributed by atoms with Crippen molar-refractivity contribution in [3.63, 3.8) is 0 Å². The smallest absolute Gasteiger partial charge is 0.163 e. The van der Waals surface area contributed by atoms with Gasteiger partial charge < -0.3 is 14.4 Å². The second kappa shape index (κ2) is 23.3. The molecule has 1 aliphatic carbocycles. The summed E-state index contributed by atoms with van der Waals surface area (Å²) in [4.78, 5) is 45.1. The first-order valence-electron chi connectivity index (χ1n) is 3.56. The number of rotatable bonds is 0. The van der Waals surface area contributed by atoms with E-state index in [0.717, 1.165) is 0 Å². The number of hydrogen-bond acceptors (Lipinski definition) is 5. The summed E-state index contributed by atoms with van der Waals surface area (Å²) in [6.07, 6.45) is 5.98. The van der Waals surface area contributed by atoms with Gasteiger partial charge in [-0.15, -0.1) is 0 Å². The van der Waals surface area contributed by atoms with Gasteiger partial charge in [-0.05, 0) is 12.2 Å². The molecule has 0 spiro atoms. The molecule has 0 aromatic rings. The van der Waals surface area contributed by atoms with E-state index in [2.05, 4.69) is 0 Å². The third kappa shape index (κ3) is 18.2. The van der Waals surface area contributed by atoms with Crippen LogP contribution in [0.1, 0.15) is 6.42 Å². The SMILES string of the molecule is C=O.C=O.C=O.O=C1C=CC=CC(=O)C1.[Fe]. The van der Waals surface area contributed by atoms with Crippen LogP contribution in [0.3, 0.4) is 0 Å². The Balaban J connectivity index is -0.0000000900. The fourth-order valence-electron chi connectivity index (χ4n) is 0.615. The van der Waals surface area contributed by atoms with Crippen LogP contribution < -0.4 is 0 Å². The third-order valence-corrected chi connectivity index (χ3v) is 1.02. The van der Waals surface area contributed by atoms with Gasteiger partial charge >= 0.3 is 0 Å². The van der Waals surface area contributed by atoms with E-state index in [1.807, 2.05) is 20.4 Å². The van der Waals surface area contributed by atoms with E-state index < -0.39 is 0 Å². The van der Waals surface area contributed by atoms with Crippen molar-refractivity contribution in [3.8, 4) is 0 Å². The molecular formula is C10H12FeO5. The van der Waals surface area contributed by atoms with Crippen molar-refractivity contribution in [2.45, 2.75) is 6.42 Å². The maximum Gasteiger partial charge on any atom is 0.163 e. The second-order valence-electron chi connectivity index (χ2n) is 1.83. The van der Waals surface area contributed by atoms with Crippen molar-refractivity contribution in [1.29, 1.82) is 0 Å². The van der Waals surface area contributed by atoms with E-state index in [1.54, 1.807) is 12.2 Å². The topological polar surface area (TPSA) is 85.3 Å². The summed E-state index contributed by atoms with van der Waals surface area (Å²) in [5, 5.41) is 0. The van der Waals surface area contributed by atoms with Crippen LogP contribution in [0.15, 0.2) is 24.3 Å². The standard InChI is InChI=1S/C7H6O2.3CH2O.Fe/c8-6-3-1-2-4-7(9)5-6;3*1-2;/h1-4H,5H2;3*1H2;. The minimum absolute atomic E-state index is 0. The molecule has 0 N–H and O–H groups in total. The van der Waals surface area contributed by atoms with Crippen LogP contribution in [0.4, 0.5) is 0 Å². The molecule has 0 amide bonds. The molecule has 0 atom stereocenters. The molecular weight excluding hydrogens is 256 g/mol. The van der Waals surface area contributed by atoms with Crippen molar-refractivity contribution < 1.29 is 41.0 Å². The first-order valence-corrected chi connectivity index (χ1v) is 3.56. The molecule has 1 aliphatic rings. The summed E-state index contributed by atoms with van der Waals surface area (Å²) in [5.74, 6) is -0.241. The largest absolute Gasteiger partial charge is 0.307 e. The summed E-state index contributed by atoms with van der Waals surface area (Å²) in [6, 6.07) is 0. The Hall–Kier alpha value is -1.65. The number of carbonyl (C=O) groups excluding carboxylic acids is 5. The zero-order chi connectivity index (χ0) is 12.7. The summed E-state index contributed by atoms with van der Waals surface area (Å²) in [5.41, 5.74) is 0. The van der Waals surface area contributed by atoms with Crippen LogP contribution in [-0.2, 0) is 41.0 Å². The van der Waals surface area contributed by atoms with Gasteiger partial charge in [-0.2, -0.15) is 0 Å². The van der Waals surface area contributed by atoms with Crippen molar-refractivity contribution in [1.82, 2.24) is 0 Å². The molecule has 0 unspecified atom stereocenters. The molecule has 0 aromatic heterocycles. The quantitative estimate of drug-likeness (QED) is 0.459. The predicted molar refractivity (Wildman–Crippen MR) is 54.3 cm³/mol. The average Bonchev–Trinajstić information content (AvgIpc) is 2.50. The van der Waals surface area contributed by atoms with Gasteiger partial charge in [-0.3, -0.25) is 9.59 Å². The molecule has 0 fully saturated rings. The second-order valence-corrected chi connectivity index (χ2v) is 1.83. The van der Waals surface area contributed by atoms with Gasteiger partial charge in [0.1, 0.15) is 20.4 Å². The number of ketones is 2. The van der Waals surface area contributed by atoms with Gasteiger partial charge in [-0.1, -0.05) is 12.2 Å². The summed E-state index contributed by atoms with van der Waals surface area (Å²) in [6.45, 7) is 6.00. The Morgan fingerprint density at radius 2 is 1.00 bits per heavy atom. The predicted octanol–water partition coefficient (Wildman–Crippen LogP) is 0.0835. The van der Waals surface area contributed by atoms with Crippen LogP contribution in [0.5, 0.6) is 0 Å². The monoisotopic (exact) mass is 268 g/mol. The van der Waals surface area contributed by atoms with Crippen molar-refractivity contribution >= 4 is 31.9 Å². The van der Waals surface area contributed by atoms with E-state index >= 15 is 0 Å². The van der Waals surface area contributed by atoms with Crippen molar-refractivity contribution in [2.75, 3.05) is 0 Å². The zero-order valence-electron chi connectivity index (χ0n) is 8.53. The maximum absolute atomic E-state index is 10.5. The van der Waals surface area contributed by atoms with Gasteiger partial charge in [0.25, 0.3) is 0 Å². The van der Waals surface area contributed by atoms with Crippen LogP contribution in [-0.4, -0.2) is 31.9 Å². The van der Waals surface area contributed by atoms with E-state index in [0.29, 0.717) is 0 Å². The van der Waals surface area contributed by atoms with Crippen molar-refractivity contribution in [2.24, 2.45) is 0 Å². The Bertz CT molecular complexity index is 221. The molecule has 1 rings (SSSR count). The van der Waals surface area contributed by atoms with Gasteiger partial charge in [0.05, 0.1) is 6.42 Å². The Labute approximate surface area is 104 Å². The molecule has 0 aromatic carbocycles. The molecule has 0 radical (unpaired) electrons. The molecule has 0 heterocycles. The third-order valence-electron chi connectivity index (χ3n) is 1.02. The molecule has 16 heavy (non-hydrogen) atoms.